The van der Waals surface area contributed by atoms with Gasteiger partial charge in [0.25, 0.3) is 0 Å². The van der Waals surface area contributed by atoms with Crippen molar-refractivity contribution in [2.45, 2.75) is 19.9 Å². The van der Waals surface area contributed by atoms with Crippen LogP contribution in [0.4, 0.5) is 0 Å². The van der Waals surface area contributed by atoms with Gasteiger partial charge in [0.05, 0.1) is 7.11 Å². The molecule has 0 aliphatic carbocycles. The molecule has 0 aromatic heterocycles. The molecule has 1 heterocycles. The van der Waals surface area contributed by atoms with Crippen LogP contribution in [0.15, 0.2) is 24.3 Å². The molecule has 0 atom stereocenters. The van der Waals surface area contributed by atoms with Gasteiger partial charge in [0.15, 0.2) is 5.11 Å². The SMILES string of the molecule is CCOCCCNC(=S)N1CCN(Cc2cccc(OC)c2)CC1. The van der Waals surface area contributed by atoms with E-state index in [1.165, 1.54) is 5.56 Å². The molecule has 0 saturated carbocycles. The fraction of sp³-hybridized carbons (Fsp3) is 0.611. The summed E-state index contributed by atoms with van der Waals surface area (Å²) in [6, 6.07) is 8.29. The van der Waals surface area contributed by atoms with Gasteiger partial charge in [-0.2, -0.15) is 0 Å². The van der Waals surface area contributed by atoms with E-state index >= 15 is 0 Å². The van der Waals surface area contributed by atoms with Gasteiger partial charge in [-0.1, -0.05) is 12.1 Å². The van der Waals surface area contributed by atoms with Crippen molar-refractivity contribution < 1.29 is 9.47 Å². The van der Waals surface area contributed by atoms with E-state index in [1.807, 2.05) is 19.1 Å². The van der Waals surface area contributed by atoms with Crippen molar-refractivity contribution in [1.29, 1.82) is 0 Å². The van der Waals surface area contributed by atoms with Gasteiger partial charge in [0.2, 0.25) is 0 Å². The third-order valence-corrected chi connectivity index (χ3v) is 4.55. The number of hydrogen-bond donors (Lipinski definition) is 1. The predicted octanol–water partition coefficient (Wildman–Crippen LogP) is 2.11. The molecule has 1 aromatic rings. The summed E-state index contributed by atoms with van der Waals surface area (Å²) >= 11 is 5.49. The van der Waals surface area contributed by atoms with Crippen molar-refractivity contribution in [2.24, 2.45) is 0 Å². The van der Waals surface area contributed by atoms with Gasteiger partial charge in [0, 0.05) is 52.5 Å². The number of nitrogens with one attached hydrogen (secondary N) is 1. The van der Waals surface area contributed by atoms with Crippen LogP contribution in [0.3, 0.4) is 0 Å². The Kier molecular flexibility index (Phi) is 8.28. The van der Waals surface area contributed by atoms with Crippen molar-refractivity contribution in [3.05, 3.63) is 29.8 Å². The second-order valence-corrected chi connectivity index (χ2v) is 6.28. The number of methoxy groups -OCH3 is 1. The Balaban J connectivity index is 1.68. The third-order valence-electron chi connectivity index (χ3n) is 4.15. The highest BCUT2D eigenvalue weighted by Crippen LogP contribution is 2.15. The van der Waals surface area contributed by atoms with Crippen LogP contribution >= 0.6 is 12.2 Å². The maximum atomic E-state index is 5.49. The Morgan fingerprint density at radius 1 is 1.25 bits per heavy atom. The Bertz CT molecular complexity index is 505. The maximum absolute atomic E-state index is 5.49. The lowest BCUT2D eigenvalue weighted by Crippen LogP contribution is -2.51. The normalized spacial score (nSPS) is 15.3. The fourth-order valence-electron chi connectivity index (χ4n) is 2.76. The molecule has 24 heavy (non-hydrogen) atoms. The van der Waals surface area contributed by atoms with Gasteiger partial charge in [-0.05, 0) is 43.3 Å². The molecule has 2 rings (SSSR count). The zero-order valence-corrected chi connectivity index (χ0v) is 15.6. The molecule has 1 fully saturated rings. The second-order valence-electron chi connectivity index (χ2n) is 5.90. The number of ether oxygens (including phenoxy) is 2. The van der Waals surface area contributed by atoms with Crippen molar-refractivity contribution in [3.8, 4) is 5.75 Å². The Hall–Kier alpha value is -1.37. The number of thiocarbonyl (C=S) groups is 1. The first kappa shape index (κ1) is 19.0. The minimum atomic E-state index is 0.777. The van der Waals surface area contributed by atoms with E-state index in [2.05, 4.69) is 27.2 Å². The summed E-state index contributed by atoms with van der Waals surface area (Å²) < 4.78 is 10.6. The van der Waals surface area contributed by atoms with E-state index < -0.39 is 0 Å². The molecule has 0 spiro atoms. The first-order valence-electron chi connectivity index (χ1n) is 8.68. The van der Waals surface area contributed by atoms with Gasteiger partial charge in [-0.15, -0.1) is 0 Å². The van der Waals surface area contributed by atoms with Crippen LogP contribution in [-0.4, -0.2) is 68.0 Å². The molecule has 0 amide bonds. The molecule has 1 saturated heterocycles. The summed E-state index contributed by atoms with van der Waals surface area (Å²) in [6.45, 7) is 9.42. The highest BCUT2D eigenvalue weighted by molar-refractivity contribution is 7.80. The van der Waals surface area contributed by atoms with Gasteiger partial charge in [-0.3, -0.25) is 4.90 Å². The molecule has 0 radical (unpaired) electrons. The topological polar surface area (TPSA) is 37.0 Å². The minimum absolute atomic E-state index is 0.777. The Morgan fingerprint density at radius 2 is 2.04 bits per heavy atom. The summed E-state index contributed by atoms with van der Waals surface area (Å²) in [6.07, 6.45) is 0.990. The van der Waals surface area contributed by atoms with Crippen molar-refractivity contribution in [2.75, 3.05) is 53.0 Å². The quantitative estimate of drug-likeness (QED) is 0.571. The molecule has 6 heteroatoms. The number of hydrogen-bond acceptors (Lipinski definition) is 4. The largest absolute Gasteiger partial charge is 0.497 e. The van der Waals surface area contributed by atoms with Crippen LogP contribution in [0.25, 0.3) is 0 Å². The van der Waals surface area contributed by atoms with Crippen LogP contribution in [0.1, 0.15) is 18.9 Å². The molecular formula is C18H29N3O2S. The molecule has 0 bridgehead atoms. The number of piperazine rings is 1. The summed E-state index contributed by atoms with van der Waals surface area (Å²) in [5, 5.41) is 4.20. The van der Waals surface area contributed by atoms with Gasteiger partial charge in [0.1, 0.15) is 5.75 Å². The van der Waals surface area contributed by atoms with Crippen LogP contribution in [0.2, 0.25) is 0 Å². The van der Waals surface area contributed by atoms with Gasteiger partial charge in [-0.25, -0.2) is 0 Å². The second kappa shape index (κ2) is 10.5. The molecule has 1 N–H and O–H groups in total. The summed E-state index contributed by atoms with van der Waals surface area (Å²) in [5.41, 5.74) is 1.29. The first-order valence-corrected chi connectivity index (χ1v) is 9.09. The zero-order valence-electron chi connectivity index (χ0n) is 14.8. The lowest BCUT2D eigenvalue weighted by Gasteiger charge is -2.36. The van der Waals surface area contributed by atoms with Crippen LogP contribution in [0, 0.1) is 0 Å². The molecule has 1 aromatic carbocycles. The zero-order chi connectivity index (χ0) is 17.2. The van der Waals surface area contributed by atoms with Crippen LogP contribution in [-0.2, 0) is 11.3 Å². The summed E-state index contributed by atoms with van der Waals surface area (Å²) in [4.78, 5) is 4.72. The standard InChI is InChI=1S/C18H29N3O2S/c1-3-23-13-5-8-19-18(24)21-11-9-20(10-12-21)15-16-6-4-7-17(14-16)22-2/h4,6-7,14H,3,5,8-13,15H2,1-2H3,(H,19,24). The molecule has 0 unspecified atom stereocenters. The van der Waals surface area contributed by atoms with E-state index in [0.717, 1.165) is 69.8 Å². The lowest BCUT2D eigenvalue weighted by molar-refractivity contribution is 0.145. The summed E-state index contributed by atoms with van der Waals surface area (Å²) in [5.74, 6) is 0.920. The minimum Gasteiger partial charge on any atom is -0.497 e. The summed E-state index contributed by atoms with van der Waals surface area (Å²) in [7, 11) is 1.71. The monoisotopic (exact) mass is 351 g/mol. The van der Waals surface area contributed by atoms with Gasteiger partial charge < -0.3 is 19.7 Å². The number of nitrogens with zero attached hydrogens (tertiary/aromatic N) is 2. The lowest BCUT2D eigenvalue weighted by atomic mass is 10.2. The van der Waals surface area contributed by atoms with Crippen molar-refractivity contribution in [3.63, 3.8) is 0 Å². The van der Waals surface area contributed by atoms with Crippen molar-refractivity contribution >= 4 is 17.3 Å². The van der Waals surface area contributed by atoms with Crippen LogP contribution < -0.4 is 10.1 Å². The number of benzene rings is 1. The third kappa shape index (κ3) is 6.26. The number of rotatable bonds is 8. The van der Waals surface area contributed by atoms with Gasteiger partial charge >= 0.3 is 0 Å². The highest BCUT2D eigenvalue weighted by atomic mass is 32.1. The Labute approximate surface area is 150 Å². The van der Waals surface area contributed by atoms with Crippen molar-refractivity contribution in [1.82, 2.24) is 15.1 Å². The highest BCUT2D eigenvalue weighted by Gasteiger charge is 2.18. The van der Waals surface area contributed by atoms with E-state index in [4.69, 9.17) is 21.7 Å². The fourth-order valence-corrected chi connectivity index (χ4v) is 3.05. The molecule has 134 valence electrons. The average Bonchev–Trinajstić information content (AvgIpc) is 2.62. The maximum Gasteiger partial charge on any atom is 0.169 e. The van der Waals surface area contributed by atoms with E-state index in [9.17, 15) is 0 Å². The van der Waals surface area contributed by atoms with Crippen LogP contribution in [0.5, 0.6) is 5.75 Å². The predicted molar refractivity (Wildman–Crippen MR) is 102 cm³/mol. The van der Waals surface area contributed by atoms with E-state index in [-0.39, 0.29) is 0 Å². The average molecular weight is 352 g/mol. The smallest absolute Gasteiger partial charge is 0.169 e. The molecular weight excluding hydrogens is 322 g/mol. The van der Waals surface area contributed by atoms with E-state index in [1.54, 1.807) is 7.11 Å². The van der Waals surface area contributed by atoms with E-state index in [0.29, 0.717) is 0 Å². The molecule has 1 aliphatic rings. The molecule has 5 nitrogen and oxygen atoms in total. The Morgan fingerprint density at radius 3 is 2.75 bits per heavy atom. The first-order chi connectivity index (χ1) is 11.7. The molecule has 1 aliphatic heterocycles.